The lowest BCUT2D eigenvalue weighted by Crippen LogP contribution is -2.29. The van der Waals surface area contributed by atoms with Crippen molar-refractivity contribution in [3.8, 4) is 0 Å². The molecule has 0 amide bonds. The number of likely N-dealkylation sites (tertiary alicyclic amines) is 1. The minimum absolute atomic E-state index is 0.229. The minimum Gasteiger partial charge on any atom is -0.462 e. The highest BCUT2D eigenvalue weighted by atomic mass is 16.5. The summed E-state index contributed by atoms with van der Waals surface area (Å²) in [5, 5.41) is 0. The van der Waals surface area contributed by atoms with Crippen LogP contribution in [0.25, 0.3) is 0 Å². The maximum absolute atomic E-state index is 11.5. The first-order chi connectivity index (χ1) is 8.70. The van der Waals surface area contributed by atoms with Gasteiger partial charge in [0.1, 0.15) is 0 Å². The Balaban J connectivity index is 2.01. The number of hydrogen-bond donors (Lipinski definition) is 0. The molecule has 3 nitrogen and oxygen atoms in total. The summed E-state index contributed by atoms with van der Waals surface area (Å²) in [6.45, 7) is 4.56. The topological polar surface area (TPSA) is 29.5 Å². The van der Waals surface area contributed by atoms with Crippen LogP contribution in [0.15, 0.2) is 24.3 Å². The highest BCUT2D eigenvalue weighted by Gasteiger charge is 2.18. The number of nitrogens with zero attached hydrogens (tertiary/aromatic N) is 1. The van der Waals surface area contributed by atoms with E-state index >= 15 is 0 Å². The molecule has 0 bridgehead atoms. The van der Waals surface area contributed by atoms with Gasteiger partial charge in [0.15, 0.2) is 0 Å². The lowest BCUT2D eigenvalue weighted by atomic mass is 9.89. The fourth-order valence-corrected chi connectivity index (χ4v) is 2.45. The van der Waals surface area contributed by atoms with Gasteiger partial charge in [0.2, 0.25) is 0 Å². The molecule has 98 valence electrons. The molecular formula is C15H21NO2. The number of piperidine rings is 1. The average Bonchev–Trinajstić information content (AvgIpc) is 2.40. The number of carbonyl (C=O) groups is 1. The standard InChI is InChI=1S/C15H21NO2/c1-3-18-15(17)14-6-4-12(5-7-14)13-8-10-16(2)11-9-13/h4-7,13H,3,8-11H2,1-2H3. The third-order valence-electron chi connectivity index (χ3n) is 3.61. The maximum Gasteiger partial charge on any atom is 0.338 e. The summed E-state index contributed by atoms with van der Waals surface area (Å²) in [7, 11) is 2.17. The molecule has 0 aromatic heterocycles. The van der Waals surface area contributed by atoms with Crippen LogP contribution < -0.4 is 0 Å². The molecule has 1 heterocycles. The SMILES string of the molecule is CCOC(=O)c1ccc(C2CCN(C)CC2)cc1. The Morgan fingerprint density at radius 1 is 1.28 bits per heavy atom. The van der Waals surface area contributed by atoms with E-state index in [0.29, 0.717) is 18.1 Å². The van der Waals surface area contributed by atoms with Gasteiger partial charge in [-0.3, -0.25) is 0 Å². The summed E-state index contributed by atoms with van der Waals surface area (Å²) in [5.74, 6) is 0.407. The van der Waals surface area contributed by atoms with Crippen molar-refractivity contribution in [1.29, 1.82) is 0 Å². The number of benzene rings is 1. The highest BCUT2D eigenvalue weighted by Crippen LogP contribution is 2.27. The molecule has 2 rings (SSSR count). The lowest BCUT2D eigenvalue weighted by molar-refractivity contribution is 0.0526. The van der Waals surface area contributed by atoms with E-state index in [4.69, 9.17) is 4.74 Å². The van der Waals surface area contributed by atoms with Crippen LogP contribution in [-0.4, -0.2) is 37.6 Å². The van der Waals surface area contributed by atoms with Crippen LogP contribution in [0.1, 0.15) is 41.6 Å². The molecule has 1 aliphatic heterocycles. The van der Waals surface area contributed by atoms with Crippen LogP contribution >= 0.6 is 0 Å². The first-order valence-corrected chi connectivity index (χ1v) is 6.66. The molecule has 1 aliphatic rings. The van der Waals surface area contributed by atoms with Crippen molar-refractivity contribution in [2.45, 2.75) is 25.7 Å². The maximum atomic E-state index is 11.5. The van der Waals surface area contributed by atoms with E-state index in [1.807, 2.05) is 19.1 Å². The van der Waals surface area contributed by atoms with Gasteiger partial charge < -0.3 is 9.64 Å². The van der Waals surface area contributed by atoms with E-state index in [0.717, 1.165) is 13.1 Å². The summed E-state index contributed by atoms with van der Waals surface area (Å²) in [4.78, 5) is 13.9. The van der Waals surface area contributed by atoms with E-state index in [2.05, 4.69) is 24.1 Å². The van der Waals surface area contributed by atoms with Gasteiger partial charge >= 0.3 is 5.97 Å². The van der Waals surface area contributed by atoms with Crippen LogP contribution in [-0.2, 0) is 4.74 Å². The van der Waals surface area contributed by atoms with Gasteiger partial charge in [-0.1, -0.05) is 12.1 Å². The van der Waals surface area contributed by atoms with Crippen molar-refractivity contribution in [2.24, 2.45) is 0 Å². The van der Waals surface area contributed by atoms with Gasteiger partial charge in [0.25, 0.3) is 0 Å². The molecule has 0 unspecified atom stereocenters. The first kappa shape index (κ1) is 13.1. The normalized spacial score (nSPS) is 17.7. The third-order valence-corrected chi connectivity index (χ3v) is 3.61. The summed E-state index contributed by atoms with van der Waals surface area (Å²) >= 11 is 0. The number of ether oxygens (including phenoxy) is 1. The molecule has 0 saturated carbocycles. The van der Waals surface area contributed by atoms with Crippen molar-refractivity contribution < 1.29 is 9.53 Å². The largest absolute Gasteiger partial charge is 0.462 e. The second-order valence-corrected chi connectivity index (χ2v) is 4.92. The zero-order valence-corrected chi connectivity index (χ0v) is 11.2. The Morgan fingerprint density at radius 3 is 2.44 bits per heavy atom. The predicted molar refractivity (Wildman–Crippen MR) is 71.9 cm³/mol. The Labute approximate surface area is 109 Å². The zero-order chi connectivity index (χ0) is 13.0. The number of carbonyl (C=O) groups excluding carboxylic acids is 1. The molecule has 1 fully saturated rings. The average molecular weight is 247 g/mol. The fourth-order valence-electron chi connectivity index (χ4n) is 2.45. The van der Waals surface area contributed by atoms with Crippen molar-refractivity contribution in [1.82, 2.24) is 4.90 Å². The quantitative estimate of drug-likeness (QED) is 0.769. The summed E-state index contributed by atoms with van der Waals surface area (Å²) < 4.78 is 4.98. The second kappa shape index (κ2) is 6.01. The van der Waals surface area contributed by atoms with Crippen molar-refractivity contribution in [3.05, 3.63) is 35.4 Å². The van der Waals surface area contributed by atoms with Crippen LogP contribution in [0.5, 0.6) is 0 Å². The van der Waals surface area contributed by atoms with Crippen LogP contribution in [0.2, 0.25) is 0 Å². The van der Waals surface area contributed by atoms with Crippen molar-refractivity contribution in [3.63, 3.8) is 0 Å². The summed E-state index contributed by atoms with van der Waals surface area (Å²) in [6, 6.07) is 7.90. The fraction of sp³-hybridized carbons (Fsp3) is 0.533. The monoisotopic (exact) mass is 247 g/mol. The van der Waals surface area contributed by atoms with Gasteiger partial charge in [-0.05, 0) is 63.5 Å². The van der Waals surface area contributed by atoms with Gasteiger partial charge in [0.05, 0.1) is 12.2 Å². The molecule has 0 aliphatic carbocycles. The van der Waals surface area contributed by atoms with Crippen molar-refractivity contribution in [2.75, 3.05) is 26.7 Å². The van der Waals surface area contributed by atoms with Crippen molar-refractivity contribution >= 4 is 5.97 Å². The molecule has 3 heteroatoms. The molecule has 0 spiro atoms. The van der Waals surface area contributed by atoms with Gasteiger partial charge in [0, 0.05) is 0 Å². The number of hydrogen-bond acceptors (Lipinski definition) is 3. The van der Waals surface area contributed by atoms with Crippen LogP contribution in [0.3, 0.4) is 0 Å². The molecule has 0 N–H and O–H groups in total. The van der Waals surface area contributed by atoms with E-state index in [9.17, 15) is 4.79 Å². The van der Waals surface area contributed by atoms with Crippen LogP contribution in [0, 0.1) is 0 Å². The Kier molecular flexibility index (Phi) is 4.37. The van der Waals surface area contributed by atoms with Gasteiger partial charge in [-0.2, -0.15) is 0 Å². The smallest absolute Gasteiger partial charge is 0.338 e. The second-order valence-electron chi connectivity index (χ2n) is 4.92. The number of rotatable bonds is 3. The molecule has 0 radical (unpaired) electrons. The summed E-state index contributed by atoms with van der Waals surface area (Å²) in [5.41, 5.74) is 1.99. The Morgan fingerprint density at radius 2 is 1.89 bits per heavy atom. The minimum atomic E-state index is -0.229. The predicted octanol–water partition coefficient (Wildman–Crippen LogP) is 2.67. The molecule has 0 atom stereocenters. The van der Waals surface area contributed by atoms with Gasteiger partial charge in [-0.15, -0.1) is 0 Å². The van der Waals surface area contributed by atoms with E-state index in [1.165, 1.54) is 18.4 Å². The van der Waals surface area contributed by atoms with Gasteiger partial charge in [-0.25, -0.2) is 4.79 Å². The molecule has 18 heavy (non-hydrogen) atoms. The lowest BCUT2D eigenvalue weighted by Gasteiger charge is -2.29. The first-order valence-electron chi connectivity index (χ1n) is 6.66. The van der Waals surface area contributed by atoms with E-state index in [1.54, 1.807) is 0 Å². The third kappa shape index (κ3) is 3.10. The Hall–Kier alpha value is -1.35. The number of esters is 1. The molecule has 1 aromatic carbocycles. The molecular weight excluding hydrogens is 226 g/mol. The van der Waals surface area contributed by atoms with Crippen LogP contribution in [0.4, 0.5) is 0 Å². The Bertz CT molecular complexity index is 391. The van der Waals surface area contributed by atoms with E-state index in [-0.39, 0.29) is 5.97 Å². The molecule has 1 aromatic rings. The zero-order valence-electron chi connectivity index (χ0n) is 11.2. The highest BCUT2D eigenvalue weighted by molar-refractivity contribution is 5.89. The van der Waals surface area contributed by atoms with E-state index < -0.39 is 0 Å². The molecule has 1 saturated heterocycles. The summed E-state index contributed by atoms with van der Waals surface area (Å²) in [6.07, 6.45) is 2.41.